The number of ketones is 1. The molecule has 1 aromatic carbocycles. The number of Topliss-reactive ketones (excluding diaryl/α,β-unsaturated/α-hetero) is 1. The number of benzene rings is 1. The van der Waals surface area contributed by atoms with Crippen LogP contribution in [0.2, 0.25) is 0 Å². The molecule has 17 heavy (non-hydrogen) atoms. The second-order valence-electron chi connectivity index (χ2n) is 3.58. The van der Waals surface area contributed by atoms with Gasteiger partial charge in [0.1, 0.15) is 0 Å². The largest absolute Gasteiger partial charge is 0.288 e. The minimum absolute atomic E-state index is 0.173. The van der Waals surface area contributed by atoms with Crippen molar-refractivity contribution >= 4 is 37.4 Å². The van der Waals surface area contributed by atoms with E-state index in [1.165, 1.54) is 6.08 Å². The fourth-order valence-corrected chi connectivity index (χ4v) is 2.49. The highest BCUT2D eigenvalue weighted by Crippen LogP contribution is 2.25. The monoisotopic (exact) mass is 313 g/mol. The number of allylic oxidation sites excluding steroid dienone is 2. The third-order valence-corrected chi connectivity index (χ3v) is 3.31. The number of rotatable bonds is 1. The molecular formula is C11H8BrNO3S. The third-order valence-electron chi connectivity index (χ3n) is 2.19. The lowest BCUT2D eigenvalue weighted by atomic mass is 9.94. The van der Waals surface area contributed by atoms with E-state index in [9.17, 15) is 13.2 Å². The van der Waals surface area contributed by atoms with Crippen LogP contribution in [-0.2, 0) is 10.0 Å². The Kier molecular flexibility index (Phi) is 3.01. The van der Waals surface area contributed by atoms with Crippen molar-refractivity contribution in [2.24, 2.45) is 4.40 Å². The number of hydrogen-bond acceptors (Lipinski definition) is 3. The molecular weight excluding hydrogens is 306 g/mol. The molecule has 0 amide bonds. The molecule has 0 aromatic heterocycles. The van der Waals surface area contributed by atoms with Crippen molar-refractivity contribution in [1.29, 1.82) is 0 Å². The molecule has 0 heterocycles. The summed E-state index contributed by atoms with van der Waals surface area (Å²) in [5, 5.41) is 0. The fraction of sp³-hybridized carbons (Fsp3) is 0.0909. The highest BCUT2D eigenvalue weighted by atomic mass is 79.9. The first-order chi connectivity index (χ1) is 7.88. The first-order valence-electron chi connectivity index (χ1n) is 4.70. The lowest BCUT2D eigenvalue weighted by molar-refractivity contribution is 0.104. The van der Waals surface area contributed by atoms with E-state index >= 15 is 0 Å². The summed E-state index contributed by atoms with van der Waals surface area (Å²) in [6.07, 6.45) is 2.44. The zero-order valence-corrected chi connectivity index (χ0v) is 11.2. The van der Waals surface area contributed by atoms with Crippen LogP contribution in [0.5, 0.6) is 0 Å². The SMILES string of the molecule is CS(=O)(=O)N=C1C=C(Br)C(=O)c2ccccc21. The predicted octanol–water partition coefficient (Wildman–Crippen LogP) is 1.91. The standard InChI is InChI=1S/C11H8BrNO3S/c1-17(15,16)13-10-6-9(12)11(14)8-5-3-2-4-7(8)10/h2-6H,1H3. The van der Waals surface area contributed by atoms with Gasteiger partial charge in [-0.1, -0.05) is 24.3 Å². The molecule has 0 aliphatic heterocycles. The van der Waals surface area contributed by atoms with Crippen molar-refractivity contribution in [2.45, 2.75) is 0 Å². The molecule has 2 rings (SSSR count). The summed E-state index contributed by atoms with van der Waals surface area (Å²) in [7, 11) is -3.50. The smallest absolute Gasteiger partial charge is 0.250 e. The molecule has 0 N–H and O–H groups in total. The minimum Gasteiger partial charge on any atom is -0.288 e. The summed E-state index contributed by atoms with van der Waals surface area (Å²) in [5.74, 6) is -0.173. The van der Waals surface area contributed by atoms with Crippen LogP contribution < -0.4 is 0 Å². The maximum absolute atomic E-state index is 11.8. The average molecular weight is 314 g/mol. The summed E-state index contributed by atoms with van der Waals surface area (Å²) in [4.78, 5) is 11.8. The number of carbonyl (C=O) groups excluding carboxylic acids is 1. The number of carbonyl (C=O) groups is 1. The number of nitrogens with zero attached hydrogens (tertiary/aromatic N) is 1. The van der Waals surface area contributed by atoms with E-state index in [0.29, 0.717) is 15.6 Å². The second kappa shape index (κ2) is 4.19. The van der Waals surface area contributed by atoms with Gasteiger partial charge in [-0.05, 0) is 22.0 Å². The highest BCUT2D eigenvalue weighted by Gasteiger charge is 2.23. The Balaban J connectivity index is 2.71. The van der Waals surface area contributed by atoms with Gasteiger partial charge in [-0.2, -0.15) is 4.40 Å². The van der Waals surface area contributed by atoms with Gasteiger partial charge in [0.15, 0.2) is 0 Å². The van der Waals surface area contributed by atoms with Crippen LogP contribution in [0.1, 0.15) is 15.9 Å². The van der Waals surface area contributed by atoms with Crippen molar-refractivity contribution in [3.05, 3.63) is 46.0 Å². The van der Waals surface area contributed by atoms with Crippen molar-refractivity contribution < 1.29 is 13.2 Å². The second-order valence-corrected chi connectivity index (χ2v) is 6.08. The van der Waals surface area contributed by atoms with Gasteiger partial charge in [-0.3, -0.25) is 4.79 Å². The van der Waals surface area contributed by atoms with Crippen LogP contribution in [0.15, 0.2) is 39.2 Å². The van der Waals surface area contributed by atoms with Gasteiger partial charge in [0.25, 0.3) is 10.0 Å². The average Bonchev–Trinajstić information content (AvgIpc) is 2.24. The Morgan fingerprint density at radius 1 is 1.18 bits per heavy atom. The number of hydrogen-bond donors (Lipinski definition) is 0. The van der Waals surface area contributed by atoms with Gasteiger partial charge >= 0.3 is 0 Å². The van der Waals surface area contributed by atoms with E-state index < -0.39 is 10.0 Å². The molecule has 0 radical (unpaired) electrons. The molecule has 0 saturated carbocycles. The molecule has 0 spiro atoms. The zero-order valence-electron chi connectivity index (χ0n) is 8.84. The van der Waals surface area contributed by atoms with Crippen molar-refractivity contribution in [3.8, 4) is 0 Å². The normalized spacial score (nSPS) is 17.9. The summed E-state index contributed by atoms with van der Waals surface area (Å²) in [5.41, 5.74) is 1.25. The van der Waals surface area contributed by atoms with Crippen LogP contribution in [0.4, 0.5) is 0 Å². The zero-order chi connectivity index (χ0) is 12.6. The quantitative estimate of drug-likeness (QED) is 0.795. The first kappa shape index (κ1) is 12.2. The van der Waals surface area contributed by atoms with Crippen LogP contribution in [0.25, 0.3) is 0 Å². The van der Waals surface area contributed by atoms with E-state index in [1.807, 2.05) is 0 Å². The summed E-state index contributed by atoms with van der Waals surface area (Å²) >= 11 is 3.11. The number of halogens is 1. The predicted molar refractivity (Wildman–Crippen MR) is 69.2 cm³/mol. The van der Waals surface area contributed by atoms with E-state index in [2.05, 4.69) is 20.3 Å². The molecule has 1 aliphatic rings. The van der Waals surface area contributed by atoms with Crippen molar-refractivity contribution in [2.75, 3.05) is 6.26 Å². The molecule has 4 nitrogen and oxygen atoms in total. The molecule has 1 aromatic rings. The van der Waals surface area contributed by atoms with Crippen molar-refractivity contribution in [3.63, 3.8) is 0 Å². The van der Waals surface area contributed by atoms with Crippen molar-refractivity contribution in [1.82, 2.24) is 0 Å². The van der Waals surface area contributed by atoms with Gasteiger partial charge < -0.3 is 0 Å². The lowest BCUT2D eigenvalue weighted by Gasteiger charge is -2.13. The maximum Gasteiger partial charge on any atom is 0.250 e. The highest BCUT2D eigenvalue weighted by molar-refractivity contribution is 9.12. The molecule has 0 unspecified atom stereocenters. The third kappa shape index (κ3) is 2.53. The molecule has 0 atom stereocenters. The molecule has 0 bridgehead atoms. The van der Waals surface area contributed by atoms with Crippen LogP contribution >= 0.6 is 15.9 Å². The van der Waals surface area contributed by atoms with Crippen LogP contribution in [0, 0.1) is 0 Å². The Hall–Kier alpha value is -1.27. The van der Waals surface area contributed by atoms with Gasteiger partial charge in [0.2, 0.25) is 5.78 Å². The Morgan fingerprint density at radius 3 is 2.35 bits per heavy atom. The topological polar surface area (TPSA) is 63.6 Å². The minimum atomic E-state index is -3.50. The van der Waals surface area contributed by atoms with Crippen LogP contribution in [0.3, 0.4) is 0 Å². The van der Waals surface area contributed by atoms with E-state index in [1.54, 1.807) is 24.3 Å². The summed E-state index contributed by atoms with van der Waals surface area (Å²) in [6.45, 7) is 0. The van der Waals surface area contributed by atoms with E-state index in [4.69, 9.17) is 0 Å². The van der Waals surface area contributed by atoms with Gasteiger partial charge in [0, 0.05) is 11.1 Å². The summed E-state index contributed by atoms with van der Waals surface area (Å²) in [6, 6.07) is 6.77. The van der Waals surface area contributed by atoms with E-state index in [0.717, 1.165) is 6.26 Å². The van der Waals surface area contributed by atoms with E-state index in [-0.39, 0.29) is 11.5 Å². The first-order valence-corrected chi connectivity index (χ1v) is 7.34. The maximum atomic E-state index is 11.8. The number of sulfonamides is 1. The number of fused-ring (bicyclic) bond motifs is 1. The lowest BCUT2D eigenvalue weighted by Crippen LogP contribution is -2.16. The molecule has 88 valence electrons. The Morgan fingerprint density at radius 2 is 1.76 bits per heavy atom. The molecule has 1 aliphatic carbocycles. The molecule has 0 fully saturated rings. The Bertz CT molecular complexity index is 659. The van der Waals surface area contributed by atoms with Crippen LogP contribution in [-0.4, -0.2) is 26.2 Å². The fourth-order valence-electron chi connectivity index (χ4n) is 1.55. The van der Waals surface area contributed by atoms with Gasteiger partial charge in [0.05, 0.1) is 16.4 Å². The Labute approximate surface area is 107 Å². The molecule has 6 heteroatoms. The van der Waals surface area contributed by atoms with Gasteiger partial charge in [-0.15, -0.1) is 0 Å². The molecule has 0 saturated heterocycles. The summed E-state index contributed by atoms with van der Waals surface area (Å²) < 4.78 is 26.3. The van der Waals surface area contributed by atoms with Gasteiger partial charge in [-0.25, -0.2) is 8.42 Å².